The molecule has 0 saturated carbocycles. The molecule has 0 unspecified atom stereocenters. The lowest BCUT2D eigenvalue weighted by Crippen LogP contribution is -2.33. The smallest absolute Gasteiger partial charge is 0.230 e. The van der Waals surface area contributed by atoms with Crippen molar-refractivity contribution < 1.29 is 19.0 Å². The lowest BCUT2D eigenvalue weighted by Gasteiger charge is -2.26. The molecule has 0 aromatic heterocycles. The number of hydrogen-bond acceptors (Lipinski definition) is 5. The number of carbonyl (C=O) groups excluding carboxylic acids is 1. The van der Waals surface area contributed by atoms with E-state index in [0.29, 0.717) is 25.6 Å². The molecule has 1 amide bonds. The third-order valence-electron chi connectivity index (χ3n) is 4.18. The number of nitrogens with one attached hydrogen (secondary N) is 1. The SMILES string of the molecule is O=C(CSc1ccc2c(c1)OCCO2)N[C@H]1CCOc2ccccc21. The maximum atomic E-state index is 12.4. The summed E-state index contributed by atoms with van der Waals surface area (Å²) in [5, 5.41) is 3.11. The number of fused-ring (bicyclic) bond motifs is 2. The van der Waals surface area contributed by atoms with E-state index in [9.17, 15) is 4.79 Å². The Morgan fingerprint density at radius 2 is 1.80 bits per heavy atom. The summed E-state index contributed by atoms with van der Waals surface area (Å²) in [6.07, 6.45) is 0.789. The Morgan fingerprint density at radius 1 is 1.00 bits per heavy atom. The van der Waals surface area contributed by atoms with Gasteiger partial charge in [0.2, 0.25) is 5.91 Å². The van der Waals surface area contributed by atoms with Crippen LogP contribution < -0.4 is 19.5 Å². The summed E-state index contributed by atoms with van der Waals surface area (Å²) in [5.41, 5.74) is 1.05. The summed E-state index contributed by atoms with van der Waals surface area (Å²) in [4.78, 5) is 13.3. The fourth-order valence-corrected chi connectivity index (χ4v) is 3.73. The molecule has 0 radical (unpaired) electrons. The molecule has 0 spiro atoms. The van der Waals surface area contributed by atoms with Gasteiger partial charge >= 0.3 is 0 Å². The average Bonchev–Trinajstić information content (AvgIpc) is 2.66. The van der Waals surface area contributed by atoms with Gasteiger partial charge in [0.25, 0.3) is 0 Å². The Morgan fingerprint density at radius 3 is 2.72 bits per heavy atom. The van der Waals surface area contributed by atoms with Crippen LogP contribution in [-0.4, -0.2) is 31.5 Å². The van der Waals surface area contributed by atoms with Gasteiger partial charge in [0.1, 0.15) is 19.0 Å². The second-order valence-corrected chi connectivity index (χ2v) is 6.94. The first-order valence-corrected chi connectivity index (χ1v) is 9.32. The molecular weight excluding hydrogens is 338 g/mol. The minimum absolute atomic E-state index is 0.0123. The molecule has 130 valence electrons. The van der Waals surface area contributed by atoms with Crippen LogP contribution in [0.4, 0.5) is 0 Å². The first-order valence-electron chi connectivity index (χ1n) is 8.33. The highest BCUT2D eigenvalue weighted by Gasteiger charge is 2.22. The van der Waals surface area contributed by atoms with E-state index < -0.39 is 0 Å². The average molecular weight is 357 g/mol. The second-order valence-electron chi connectivity index (χ2n) is 5.89. The molecule has 2 aliphatic rings. The van der Waals surface area contributed by atoms with Crippen LogP contribution in [0, 0.1) is 0 Å². The van der Waals surface area contributed by atoms with Crippen molar-refractivity contribution in [3.8, 4) is 17.2 Å². The summed E-state index contributed by atoms with van der Waals surface area (Å²) in [6, 6.07) is 13.6. The molecule has 5 nitrogen and oxygen atoms in total. The summed E-state index contributed by atoms with van der Waals surface area (Å²) < 4.78 is 16.7. The second kappa shape index (κ2) is 7.27. The van der Waals surface area contributed by atoms with Gasteiger partial charge in [-0.1, -0.05) is 18.2 Å². The van der Waals surface area contributed by atoms with Gasteiger partial charge in [-0.2, -0.15) is 0 Å². The fourth-order valence-electron chi connectivity index (χ4n) is 2.99. The van der Waals surface area contributed by atoms with Crippen LogP contribution in [0.3, 0.4) is 0 Å². The summed E-state index contributed by atoms with van der Waals surface area (Å²) in [5.74, 6) is 2.74. The Kier molecular flexibility index (Phi) is 4.70. The number of para-hydroxylation sites is 1. The van der Waals surface area contributed by atoms with Crippen LogP contribution in [0.25, 0.3) is 0 Å². The van der Waals surface area contributed by atoms with E-state index in [-0.39, 0.29) is 11.9 Å². The molecular formula is C19H19NO4S. The van der Waals surface area contributed by atoms with E-state index in [1.165, 1.54) is 11.8 Å². The Balaban J connectivity index is 1.36. The molecule has 2 aromatic rings. The van der Waals surface area contributed by atoms with Gasteiger partial charge in [0, 0.05) is 16.9 Å². The Labute approximate surface area is 150 Å². The minimum Gasteiger partial charge on any atom is -0.493 e. The Bertz CT molecular complexity index is 780. The number of benzene rings is 2. The largest absolute Gasteiger partial charge is 0.493 e. The molecule has 6 heteroatoms. The molecule has 1 N–H and O–H groups in total. The number of amides is 1. The summed E-state index contributed by atoms with van der Waals surface area (Å²) in [6.45, 7) is 1.76. The molecule has 4 rings (SSSR count). The first-order chi connectivity index (χ1) is 12.3. The first kappa shape index (κ1) is 16.1. The molecule has 2 aliphatic heterocycles. The molecule has 0 bridgehead atoms. The Hall–Kier alpha value is -2.34. The third kappa shape index (κ3) is 3.69. The van der Waals surface area contributed by atoms with Crippen molar-refractivity contribution >= 4 is 17.7 Å². The van der Waals surface area contributed by atoms with Gasteiger partial charge in [-0.15, -0.1) is 11.8 Å². The lowest BCUT2D eigenvalue weighted by molar-refractivity contribution is -0.119. The van der Waals surface area contributed by atoms with Gasteiger partial charge in [0.15, 0.2) is 11.5 Å². The number of hydrogen-bond donors (Lipinski definition) is 1. The molecule has 0 aliphatic carbocycles. The standard InChI is InChI=1S/C19H19NO4S/c21-19(20-15-7-8-22-16-4-2-1-3-14(15)16)12-25-13-5-6-17-18(11-13)24-10-9-23-17/h1-6,11,15H,7-10,12H2,(H,20,21)/t15-/m0/s1. The zero-order valence-corrected chi connectivity index (χ0v) is 14.5. The van der Waals surface area contributed by atoms with Crippen molar-refractivity contribution in [2.24, 2.45) is 0 Å². The van der Waals surface area contributed by atoms with Crippen LogP contribution in [0.15, 0.2) is 47.4 Å². The van der Waals surface area contributed by atoms with Crippen LogP contribution in [0.5, 0.6) is 17.2 Å². The highest BCUT2D eigenvalue weighted by Crippen LogP contribution is 2.34. The molecule has 2 heterocycles. The van der Waals surface area contributed by atoms with E-state index in [0.717, 1.165) is 34.1 Å². The number of thioether (sulfide) groups is 1. The monoisotopic (exact) mass is 357 g/mol. The third-order valence-corrected chi connectivity index (χ3v) is 5.17. The van der Waals surface area contributed by atoms with Crippen LogP contribution in [0.1, 0.15) is 18.0 Å². The summed E-state index contributed by atoms with van der Waals surface area (Å²) in [7, 11) is 0. The number of carbonyl (C=O) groups is 1. The van der Waals surface area contributed by atoms with Gasteiger partial charge in [-0.05, 0) is 24.3 Å². The molecule has 0 fully saturated rings. The topological polar surface area (TPSA) is 56.8 Å². The van der Waals surface area contributed by atoms with Crippen LogP contribution in [0.2, 0.25) is 0 Å². The quantitative estimate of drug-likeness (QED) is 0.852. The van der Waals surface area contributed by atoms with Crippen molar-refractivity contribution in [2.45, 2.75) is 17.4 Å². The van der Waals surface area contributed by atoms with Gasteiger partial charge < -0.3 is 19.5 Å². The predicted octanol–water partition coefficient (Wildman–Crippen LogP) is 3.19. The highest BCUT2D eigenvalue weighted by atomic mass is 32.2. The molecule has 2 aromatic carbocycles. The van der Waals surface area contributed by atoms with E-state index in [1.807, 2.05) is 42.5 Å². The highest BCUT2D eigenvalue weighted by molar-refractivity contribution is 8.00. The van der Waals surface area contributed by atoms with E-state index in [2.05, 4.69) is 5.32 Å². The minimum atomic E-state index is 0.0123. The van der Waals surface area contributed by atoms with Gasteiger partial charge in [-0.25, -0.2) is 0 Å². The van der Waals surface area contributed by atoms with Gasteiger partial charge in [-0.3, -0.25) is 4.79 Å². The van der Waals surface area contributed by atoms with Crippen molar-refractivity contribution in [2.75, 3.05) is 25.6 Å². The van der Waals surface area contributed by atoms with Crippen LogP contribution in [-0.2, 0) is 4.79 Å². The lowest BCUT2D eigenvalue weighted by atomic mass is 10.0. The van der Waals surface area contributed by atoms with E-state index in [1.54, 1.807) is 0 Å². The maximum Gasteiger partial charge on any atom is 0.230 e. The molecule has 25 heavy (non-hydrogen) atoms. The van der Waals surface area contributed by atoms with E-state index in [4.69, 9.17) is 14.2 Å². The van der Waals surface area contributed by atoms with Crippen molar-refractivity contribution in [1.82, 2.24) is 5.32 Å². The molecule has 1 atom stereocenters. The van der Waals surface area contributed by atoms with Crippen molar-refractivity contribution in [3.63, 3.8) is 0 Å². The zero-order chi connectivity index (χ0) is 17.1. The van der Waals surface area contributed by atoms with Crippen molar-refractivity contribution in [1.29, 1.82) is 0 Å². The zero-order valence-electron chi connectivity index (χ0n) is 13.7. The number of rotatable bonds is 4. The molecule has 0 saturated heterocycles. The van der Waals surface area contributed by atoms with E-state index >= 15 is 0 Å². The summed E-state index contributed by atoms with van der Waals surface area (Å²) >= 11 is 1.49. The van der Waals surface area contributed by atoms with Crippen LogP contribution >= 0.6 is 11.8 Å². The van der Waals surface area contributed by atoms with Gasteiger partial charge in [0.05, 0.1) is 18.4 Å². The number of ether oxygens (including phenoxy) is 3. The van der Waals surface area contributed by atoms with Crippen molar-refractivity contribution in [3.05, 3.63) is 48.0 Å². The fraction of sp³-hybridized carbons (Fsp3) is 0.316. The normalized spacial score (nSPS) is 18.0. The maximum absolute atomic E-state index is 12.4. The predicted molar refractivity (Wildman–Crippen MR) is 95.6 cm³/mol.